The lowest BCUT2D eigenvalue weighted by molar-refractivity contribution is 0.228. The Kier molecular flexibility index (Phi) is 9.83. The molecule has 25 heavy (non-hydrogen) atoms. The highest BCUT2D eigenvalue weighted by atomic mass is 16.5. The molecule has 0 unspecified atom stereocenters. The first-order valence-corrected chi connectivity index (χ1v) is 8.92. The Bertz CT molecular complexity index is 637. The highest BCUT2D eigenvalue weighted by Crippen LogP contribution is 2.15. The molecule has 1 rings (SSSR count). The van der Waals surface area contributed by atoms with E-state index in [4.69, 9.17) is 4.74 Å². The van der Waals surface area contributed by atoms with Crippen molar-refractivity contribution in [2.75, 3.05) is 20.3 Å². The van der Waals surface area contributed by atoms with Gasteiger partial charge in [-0.3, -0.25) is 0 Å². The van der Waals surface area contributed by atoms with Gasteiger partial charge in [-0.15, -0.1) is 0 Å². The van der Waals surface area contributed by atoms with Crippen molar-refractivity contribution in [3.05, 3.63) is 76.9 Å². The predicted molar refractivity (Wildman–Crippen MR) is 111 cm³/mol. The maximum absolute atomic E-state index is 5.16. The molecular formula is C23H33NO. The van der Waals surface area contributed by atoms with Crippen molar-refractivity contribution >= 4 is 6.08 Å². The van der Waals surface area contributed by atoms with Crippen LogP contribution in [0.15, 0.2) is 60.2 Å². The first-order valence-electron chi connectivity index (χ1n) is 8.92. The van der Waals surface area contributed by atoms with Crippen LogP contribution in [0.25, 0.3) is 6.08 Å². The average molecular weight is 340 g/mol. The Morgan fingerprint density at radius 3 is 2.72 bits per heavy atom. The number of ether oxygens (including phenoxy) is 1. The van der Waals surface area contributed by atoms with Gasteiger partial charge in [-0.2, -0.15) is 0 Å². The molecule has 0 saturated carbocycles. The molecule has 2 heteroatoms. The molecule has 1 atom stereocenters. The van der Waals surface area contributed by atoms with Crippen LogP contribution >= 0.6 is 0 Å². The second kappa shape index (κ2) is 11.6. The van der Waals surface area contributed by atoms with Crippen molar-refractivity contribution in [1.82, 2.24) is 5.32 Å². The van der Waals surface area contributed by atoms with E-state index >= 15 is 0 Å². The predicted octanol–water partition coefficient (Wildman–Crippen LogP) is 5.25. The monoisotopic (exact) mass is 339 g/mol. The number of benzene rings is 1. The summed E-state index contributed by atoms with van der Waals surface area (Å²) in [7, 11) is 1.72. The largest absolute Gasteiger partial charge is 0.380 e. The smallest absolute Gasteiger partial charge is 0.0709 e. The van der Waals surface area contributed by atoms with Crippen LogP contribution in [-0.4, -0.2) is 26.3 Å². The molecule has 0 aromatic heterocycles. The van der Waals surface area contributed by atoms with Gasteiger partial charge < -0.3 is 10.1 Å². The number of rotatable bonds is 10. The van der Waals surface area contributed by atoms with Gasteiger partial charge in [0.05, 0.1) is 6.61 Å². The summed E-state index contributed by atoms with van der Waals surface area (Å²) in [5.74, 6) is 0. The molecule has 0 amide bonds. The minimum absolute atomic E-state index is 0.316. The minimum Gasteiger partial charge on any atom is -0.380 e. The van der Waals surface area contributed by atoms with Crippen LogP contribution in [0.4, 0.5) is 0 Å². The van der Waals surface area contributed by atoms with Crippen LogP contribution in [0.3, 0.4) is 0 Å². The van der Waals surface area contributed by atoms with Gasteiger partial charge >= 0.3 is 0 Å². The van der Waals surface area contributed by atoms with Gasteiger partial charge in [-0.1, -0.05) is 60.7 Å². The number of aryl methyl sites for hydroxylation is 1. The molecule has 0 bridgehead atoms. The molecule has 0 aliphatic rings. The van der Waals surface area contributed by atoms with Crippen molar-refractivity contribution in [2.45, 2.75) is 40.2 Å². The highest BCUT2D eigenvalue weighted by molar-refractivity contribution is 5.52. The normalized spacial score (nSPS) is 13.7. The molecule has 0 aliphatic heterocycles. The average Bonchev–Trinajstić information content (AvgIpc) is 2.57. The third kappa shape index (κ3) is 8.67. The van der Waals surface area contributed by atoms with Crippen molar-refractivity contribution in [3.63, 3.8) is 0 Å². The first kappa shape index (κ1) is 21.1. The fourth-order valence-corrected chi connectivity index (χ4v) is 2.53. The van der Waals surface area contributed by atoms with E-state index in [1.54, 1.807) is 7.11 Å². The maximum Gasteiger partial charge on any atom is 0.0709 e. The zero-order valence-corrected chi connectivity index (χ0v) is 16.4. The summed E-state index contributed by atoms with van der Waals surface area (Å²) < 4.78 is 5.16. The molecule has 0 heterocycles. The lowest BCUT2D eigenvalue weighted by atomic mass is 10.00. The van der Waals surface area contributed by atoms with E-state index < -0.39 is 0 Å². The third-order valence-corrected chi connectivity index (χ3v) is 4.01. The molecule has 0 fully saturated rings. The van der Waals surface area contributed by atoms with E-state index in [9.17, 15) is 0 Å². The quantitative estimate of drug-likeness (QED) is 0.464. The molecule has 0 radical (unpaired) electrons. The molecule has 0 saturated heterocycles. The number of hydrogen-bond donors (Lipinski definition) is 1. The maximum atomic E-state index is 5.16. The Morgan fingerprint density at radius 1 is 1.36 bits per heavy atom. The molecule has 1 N–H and O–H groups in total. The number of methoxy groups -OCH3 is 1. The Morgan fingerprint density at radius 2 is 2.12 bits per heavy atom. The topological polar surface area (TPSA) is 21.3 Å². The van der Waals surface area contributed by atoms with Crippen LogP contribution in [0.5, 0.6) is 0 Å². The fraction of sp³-hybridized carbons (Fsp3) is 0.391. The van der Waals surface area contributed by atoms with Crippen LogP contribution in [0.2, 0.25) is 0 Å². The Labute approximate surface area is 154 Å². The van der Waals surface area contributed by atoms with Gasteiger partial charge in [-0.25, -0.2) is 0 Å². The Hall–Kier alpha value is -1.90. The van der Waals surface area contributed by atoms with Crippen molar-refractivity contribution in [2.24, 2.45) is 0 Å². The lowest BCUT2D eigenvalue weighted by Crippen LogP contribution is -2.23. The van der Waals surface area contributed by atoms with Crippen LogP contribution in [0.1, 0.15) is 37.5 Å². The van der Waals surface area contributed by atoms with Crippen molar-refractivity contribution < 1.29 is 4.74 Å². The van der Waals surface area contributed by atoms with E-state index in [1.165, 1.54) is 27.8 Å². The lowest BCUT2D eigenvalue weighted by Gasteiger charge is -2.08. The van der Waals surface area contributed by atoms with E-state index in [2.05, 4.69) is 81.2 Å². The summed E-state index contributed by atoms with van der Waals surface area (Å²) in [4.78, 5) is 0. The van der Waals surface area contributed by atoms with Gasteiger partial charge in [-0.05, 0) is 56.4 Å². The SMILES string of the molecule is C=C(C)Cc1ccc(/C=C/CN[C@H](C)/C=C\C(=C/C)COC)cc1C. The molecule has 0 aliphatic carbocycles. The summed E-state index contributed by atoms with van der Waals surface area (Å²) in [5, 5.41) is 3.47. The van der Waals surface area contributed by atoms with Gasteiger partial charge in [0.1, 0.15) is 0 Å². The highest BCUT2D eigenvalue weighted by Gasteiger charge is 1.99. The molecule has 0 spiro atoms. The Balaban J connectivity index is 2.49. The summed E-state index contributed by atoms with van der Waals surface area (Å²) in [6, 6.07) is 6.93. The molecule has 1 aromatic carbocycles. The second-order valence-electron chi connectivity index (χ2n) is 6.57. The van der Waals surface area contributed by atoms with E-state index in [1.807, 2.05) is 6.92 Å². The molecule has 1 aromatic rings. The van der Waals surface area contributed by atoms with Gasteiger partial charge in [0.25, 0.3) is 0 Å². The molecular weight excluding hydrogens is 306 g/mol. The number of allylic oxidation sites excluding steroid dienone is 2. The number of nitrogens with one attached hydrogen (secondary N) is 1. The van der Waals surface area contributed by atoms with Crippen LogP contribution in [-0.2, 0) is 11.2 Å². The third-order valence-electron chi connectivity index (χ3n) is 4.01. The van der Waals surface area contributed by atoms with Crippen molar-refractivity contribution in [1.29, 1.82) is 0 Å². The first-order chi connectivity index (χ1) is 12.0. The van der Waals surface area contributed by atoms with E-state index in [0.29, 0.717) is 12.6 Å². The minimum atomic E-state index is 0.316. The molecule has 2 nitrogen and oxygen atoms in total. The summed E-state index contributed by atoms with van der Waals surface area (Å²) in [6.07, 6.45) is 11.7. The summed E-state index contributed by atoms with van der Waals surface area (Å²) >= 11 is 0. The zero-order chi connectivity index (χ0) is 18.7. The van der Waals surface area contributed by atoms with Crippen LogP contribution in [0, 0.1) is 6.92 Å². The van der Waals surface area contributed by atoms with Crippen molar-refractivity contribution in [3.8, 4) is 0 Å². The zero-order valence-electron chi connectivity index (χ0n) is 16.4. The molecule has 136 valence electrons. The van der Waals surface area contributed by atoms with E-state index in [-0.39, 0.29) is 0 Å². The van der Waals surface area contributed by atoms with Crippen LogP contribution < -0.4 is 5.32 Å². The van der Waals surface area contributed by atoms with Gasteiger partial charge in [0.15, 0.2) is 0 Å². The van der Waals surface area contributed by atoms with Gasteiger partial charge in [0, 0.05) is 19.7 Å². The van der Waals surface area contributed by atoms with E-state index in [0.717, 1.165) is 13.0 Å². The number of hydrogen-bond acceptors (Lipinski definition) is 2. The summed E-state index contributed by atoms with van der Waals surface area (Å²) in [5.41, 5.74) is 6.31. The summed E-state index contributed by atoms with van der Waals surface area (Å²) in [6.45, 7) is 13.9. The second-order valence-corrected chi connectivity index (χ2v) is 6.57. The fourth-order valence-electron chi connectivity index (χ4n) is 2.53. The van der Waals surface area contributed by atoms with Gasteiger partial charge in [0.2, 0.25) is 0 Å². The standard InChI is InChI=1S/C23H33NO/c1-7-21(17-25-6)11-10-20(5)24-14-8-9-22-12-13-23(15-18(2)3)19(4)16-22/h7-13,16,20,24H,2,14-15,17H2,1,3-6H3/b9-8+,11-10-,21-7+/t20-/m1/s1.